The van der Waals surface area contributed by atoms with Crippen LogP contribution in [-0.2, 0) is 65.4 Å². The maximum absolute atomic E-state index is 13.1. The minimum absolute atomic E-state index is 0.104. The van der Waals surface area contributed by atoms with Crippen LogP contribution in [0.4, 0.5) is 0 Å². The molecule has 0 rings (SSSR count). The fourth-order valence-electron chi connectivity index (χ4n) is 13.1. The number of aliphatic hydroxyl groups excluding tert-OH is 1. The lowest BCUT2D eigenvalue weighted by molar-refractivity contribution is -0.161. The highest BCUT2D eigenvalue weighted by molar-refractivity contribution is 7.47. The van der Waals surface area contributed by atoms with Gasteiger partial charge in [-0.3, -0.25) is 37.3 Å². The van der Waals surface area contributed by atoms with Crippen LogP contribution in [0.3, 0.4) is 0 Å². The number of aliphatic hydroxyl groups is 1. The van der Waals surface area contributed by atoms with Crippen LogP contribution in [0, 0.1) is 23.7 Å². The summed E-state index contributed by atoms with van der Waals surface area (Å²) < 4.78 is 68.8. The van der Waals surface area contributed by atoms with Crippen LogP contribution in [0.5, 0.6) is 0 Å². The van der Waals surface area contributed by atoms with E-state index in [-0.39, 0.29) is 25.7 Å². The van der Waals surface area contributed by atoms with Gasteiger partial charge in [-0.05, 0) is 49.4 Å². The molecule has 0 aliphatic carbocycles. The summed E-state index contributed by atoms with van der Waals surface area (Å²) in [5.41, 5.74) is 0. The van der Waals surface area contributed by atoms with Crippen molar-refractivity contribution in [2.75, 3.05) is 39.6 Å². The Morgan fingerprint density at radius 1 is 0.269 bits per heavy atom. The summed E-state index contributed by atoms with van der Waals surface area (Å²) in [5.74, 6) is 1.03. The SMILES string of the molecule is CCC(C)CCCCCCCCCCC(=O)O[C@H](COC(=O)CCCCCCCCC(C)CC)COP(=O)(O)OC[C@H](O)COP(=O)(O)OC[C@@H](COC(=O)CCCCCCCCCCCCCCCCCCCCC(C)C)OC(=O)CCCCCCCCCCCCCCCCCCCCC(C)C. The van der Waals surface area contributed by atoms with Crippen molar-refractivity contribution in [1.29, 1.82) is 0 Å². The quantitative estimate of drug-likeness (QED) is 0.0222. The van der Waals surface area contributed by atoms with Crippen LogP contribution in [0.2, 0.25) is 0 Å². The van der Waals surface area contributed by atoms with Crippen molar-refractivity contribution in [3.63, 3.8) is 0 Å². The van der Waals surface area contributed by atoms with Gasteiger partial charge >= 0.3 is 39.5 Å². The molecule has 0 spiro atoms. The average Bonchev–Trinajstić information content (AvgIpc) is 0.916. The number of phosphoric ester groups is 2. The monoisotopic (exact) mass is 1520 g/mol. The second-order valence-electron chi connectivity index (χ2n) is 32.0. The van der Waals surface area contributed by atoms with Gasteiger partial charge in [0.05, 0.1) is 26.4 Å². The highest BCUT2D eigenvalue weighted by Gasteiger charge is 2.30. The van der Waals surface area contributed by atoms with Gasteiger partial charge in [-0.2, -0.15) is 0 Å². The standard InChI is InChI=1S/C85H166O17P2/c1-9-77(7)63-55-47-39-35-36-42-52-60-68-85(90)102-81(72-96-83(88)66-58-50-44-43-48-56-64-78(8)10-2)74-100-104(93,94)98-70-79(86)69-97-103(91,92)99-73-80(101-84(89)67-59-51-41-34-30-26-22-18-14-12-16-20-24-28-32-38-46-54-62-76(5)6)71-95-82(87)65-57-49-40-33-29-25-21-17-13-11-15-19-23-27-31-37-45-53-61-75(3)4/h75-81,86H,9-74H2,1-8H3,(H,91,92)(H,93,94)/t77?,78?,79-,80-,81-/m1/s1. The Bertz CT molecular complexity index is 2030. The maximum Gasteiger partial charge on any atom is 0.472 e. The van der Waals surface area contributed by atoms with E-state index in [4.69, 9.17) is 37.0 Å². The fraction of sp³-hybridized carbons (Fsp3) is 0.953. The molecule has 0 aliphatic heterocycles. The lowest BCUT2D eigenvalue weighted by atomic mass is 9.99. The smallest absolute Gasteiger partial charge is 0.462 e. The van der Waals surface area contributed by atoms with Crippen molar-refractivity contribution in [1.82, 2.24) is 0 Å². The Labute approximate surface area is 638 Å². The largest absolute Gasteiger partial charge is 0.472 e. The molecule has 0 amide bonds. The highest BCUT2D eigenvalue weighted by atomic mass is 31.2. The molecule has 0 aromatic carbocycles. The van der Waals surface area contributed by atoms with Gasteiger partial charge in [-0.1, -0.05) is 389 Å². The van der Waals surface area contributed by atoms with Crippen molar-refractivity contribution in [3.8, 4) is 0 Å². The van der Waals surface area contributed by atoms with E-state index in [1.54, 1.807) is 0 Å². The zero-order chi connectivity index (χ0) is 76.7. The Morgan fingerprint density at radius 2 is 0.462 bits per heavy atom. The molecule has 0 aromatic heterocycles. The maximum atomic E-state index is 13.1. The van der Waals surface area contributed by atoms with Crippen LogP contribution in [-0.4, -0.2) is 96.7 Å². The van der Waals surface area contributed by atoms with E-state index in [0.717, 1.165) is 120 Å². The highest BCUT2D eigenvalue weighted by Crippen LogP contribution is 2.45. The predicted octanol–water partition coefficient (Wildman–Crippen LogP) is 25.6. The molecule has 0 heterocycles. The molecule has 0 bridgehead atoms. The minimum atomic E-state index is -4.97. The van der Waals surface area contributed by atoms with Gasteiger partial charge in [0, 0.05) is 25.7 Å². The lowest BCUT2D eigenvalue weighted by Crippen LogP contribution is -2.30. The number of hydrogen-bond acceptors (Lipinski definition) is 15. The summed E-state index contributed by atoms with van der Waals surface area (Å²) in [6.07, 6.45) is 62.6. The predicted molar refractivity (Wildman–Crippen MR) is 428 cm³/mol. The first-order chi connectivity index (χ1) is 50.2. The molecular formula is C85H166O17P2. The normalized spacial score (nSPS) is 14.5. The van der Waals surface area contributed by atoms with Crippen LogP contribution >= 0.6 is 15.6 Å². The first-order valence-corrected chi connectivity index (χ1v) is 46.8. The van der Waals surface area contributed by atoms with Gasteiger partial charge < -0.3 is 33.8 Å². The Hall–Kier alpha value is -1.94. The van der Waals surface area contributed by atoms with Crippen LogP contribution in [0.1, 0.15) is 441 Å². The number of phosphoric acid groups is 2. The molecular weight excluding hydrogens is 1350 g/mol. The molecule has 0 saturated heterocycles. The number of esters is 4. The molecule has 7 atom stereocenters. The Morgan fingerprint density at radius 3 is 0.683 bits per heavy atom. The van der Waals surface area contributed by atoms with Gasteiger partial charge in [0.15, 0.2) is 12.2 Å². The molecule has 0 aromatic rings. The van der Waals surface area contributed by atoms with Crippen LogP contribution in [0.15, 0.2) is 0 Å². The summed E-state index contributed by atoms with van der Waals surface area (Å²) in [6, 6.07) is 0. The van der Waals surface area contributed by atoms with E-state index in [1.165, 1.54) is 238 Å². The van der Waals surface area contributed by atoms with Gasteiger partial charge in [0.25, 0.3) is 0 Å². The molecule has 3 N–H and O–H groups in total. The number of carbonyl (C=O) groups is 4. The number of ether oxygens (including phenoxy) is 4. The second-order valence-corrected chi connectivity index (χ2v) is 34.9. The third-order valence-corrected chi connectivity index (χ3v) is 22.4. The van der Waals surface area contributed by atoms with Crippen LogP contribution in [0.25, 0.3) is 0 Å². The van der Waals surface area contributed by atoms with Crippen molar-refractivity contribution in [2.45, 2.75) is 459 Å². The molecule has 0 saturated carbocycles. The number of rotatable bonds is 82. The topological polar surface area (TPSA) is 237 Å². The summed E-state index contributed by atoms with van der Waals surface area (Å²) in [6.45, 7) is 14.3. The zero-order valence-electron chi connectivity index (χ0n) is 68.7. The first-order valence-electron chi connectivity index (χ1n) is 43.8. The van der Waals surface area contributed by atoms with Crippen molar-refractivity contribution < 1.29 is 80.2 Å². The van der Waals surface area contributed by atoms with E-state index in [0.29, 0.717) is 25.7 Å². The van der Waals surface area contributed by atoms with E-state index < -0.39 is 97.5 Å². The lowest BCUT2D eigenvalue weighted by Gasteiger charge is -2.21. The molecule has 0 fully saturated rings. The molecule has 4 unspecified atom stereocenters. The van der Waals surface area contributed by atoms with Crippen molar-refractivity contribution in [2.24, 2.45) is 23.7 Å². The van der Waals surface area contributed by atoms with Gasteiger partial charge in [-0.25, -0.2) is 9.13 Å². The van der Waals surface area contributed by atoms with E-state index in [9.17, 15) is 43.2 Å². The molecule has 19 heteroatoms. The van der Waals surface area contributed by atoms with E-state index in [2.05, 4.69) is 55.4 Å². The molecule has 17 nitrogen and oxygen atoms in total. The summed E-state index contributed by atoms with van der Waals surface area (Å²) in [7, 11) is -9.93. The second kappa shape index (κ2) is 73.8. The summed E-state index contributed by atoms with van der Waals surface area (Å²) >= 11 is 0. The van der Waals surface area contributed by atoms with Crippen molar-refractivity contribution in [3.05, 3.63) is 0 Å². The average molecular weight is 1520 g/mol. The van der Waals surface area contributed by atoms with Gasteiger partial charge in [-0.15, -0.1) is 0 Å². The minimum Gasteiger partial charge on any atom is -0.462 e. The fourth-order valence-corrected chi connectivity index (χ4v) is 14.7. The van der Waals surface area contributed by atoms with E-state index >= 15 is 0 Å². The summed E-state index contributed by atoms with van der Waals surface area (Å²) in [5, 5.41) is 10.7. The van der Waals surface area contributed by atoms with Crippen LogP contribution < -0.4 is 0 Å². The first kappa shape index (κ1) is 102. The Balaban J connectivity index is 5.21. The summed E-state index contributed by atoms with van der Waals surface area (Å²) in [4.78, 5) is 73.1. The number of carbonyl (C=O) groups excluding carboxylic acids is 4. The van der Waals surface area contributed by atoms with Gasteiger partial charge in [0.2, 0.25) is 0 Å². The van der Waals surface area contributed by atoms with E-state index in [1.807, 2.05) is 0 Å². The molecule has 0 radical (unpaired) electrons. The van der Waals surface area contributed by atoms with Gasteiger partial charge in [0.1, 0.15) is 19.3 Å². The zero-order valence-corrected chi connectivity index (χ0v) is 70.5. The van der Waals surface area contributed by atoms with Crippen molar-refractivity contribution >= 4 is 39.5 Å². The number of unbranched alkanes of at least 4 members (excludes halogenated alkanes) is 46. The molecule has 104 heavy (non-hydrogen) atoms. The molecule has 618 valence electrons. The molecule has 0 aliphatic rings. The third kappa shape index (κ3) is 75.5. The Kier molecular flexibility index (Phi) is 72.5. The third-order valence-electron chi connectivity index (χ3n) is 20.5. The number of hydrogen-bond donors (Lipinski definition) is 3.